The number of benzene rings is 4. The van der Waals surface area contributed by atoms with E-state index in [4.69, 9.17) is 18.1 Å². The van der Waals surface area contributed by atoms with Gasteiger partial charge >= 0.3 is 0 Å². The topological polar surface area (TPSA) is 36.9 Å². The molecule has 0 saturated carbocycles. The lowest BCUT2D eigenvalue weighted by atomic mass is 9.96. The third-order valence-corrected chi connectivity index (χ3v) is 7.41. The molecule has 0 saturated heterocycles. The Morgan fingerprint density at radius 3 is 1.29 bits per heavy atom. The number of rotatable bonds is 13. The minimum Gasteiger partial charge on any atom is -0.449 e. The van der Waals surface area contributed by atoms with Crippen LogP contribution in [-0.2, 0) is 22.3 Å². The van der Waals surface area contributed by atoms with Gasteiger partial charge in [0.05, 0.1) is 13.2 Å². The van der Waals surface area contributed by atoms with Gasteiger partial charge in [-0.25, -0.2) is 0 Å². The third kappa shape index (κ3) is 7.65. The van der Waals surface area contributed by atoms with Gasteiger partial charge in [0.25, 0.3) is 0 Å². The zero-order chi connectivity index (χ0) is 26.7. The summed E-state index contributed by atoms with van der Waals surface area (Å²) in [4.78, 5) is 0. The van der Waals surface area contributed by atoms with Crippen LogP contribution in [0.2, 0.25) is 0 Å². The van der Waals surface area contributed by atoms with Crippen LogP contribution in [0.25, 0.3) is 11.1 Å². The first kappa shape index (κ1) is 28.3. The maximum atomic E-state index is 5.99. The Bertz CT molecular complexity index is 1200. The van der Waals surface area contributed by atoms with E-state index in [1.807, 2.05) is 48.5 Å². The molecule has 2 unspecified atom stereocenters. The van der Waals surface area contributed by atoms with Crippen molar-refractivity contribution in [2.75, 3.05) is 0 Å². The molecule has 198 valence electrons. The molecular weight excluding hydrogens is 510 g/mol. The quantitative estimate of drug-likeness (QED) is 0.124. The standard InChI is InChI=1S/C32H36O4P2/c1-23(2)27-15-9-11-19-31(27)35-37-33-21-25-13-5-7-17-29(25)30-18-8-6-14-26(30)22-34-38-36-32-20-12-10-16-28(32)24(3)4/h5-20,23-24,37-38H,21-22H2,1-4H3. The molecule has 2 atom stereocenters. The Balaban J connectivity index is 1.37. The molecule has 0 radical (unpaired) electrons. The lowest BCUT2D eigenvalue weighted by Gasteiger charge is -2.16. The van der Waals surface area contributed by atoms with Gasteiger partial charge in [-0.3, -0.25) is 0 Å². The molecule has 4 rings (SSSR count). The Morgan fingerprint density at radius 1 is 0.500 bits per heavy atom. The second kappa shape index (κ2) is 14.4. The lowest BCUT2D eigenvalue weighted by Crippen LogP contribution is -1.97. The van der Waals surface area contributed by atoms with E-state index in [0.29, 0.717) is 25.0 Å². The smallest absolute Gasteiger partial charge is 0.215 e. The van der Waals surface area contributed by atoms with Gasteiger partial charge in [-0.1, -0.05) is 113 Å². The number of hydrogen-bond donors (Lipinski definition) is 0. The average Bonchev–Trinajstić information content (AvgIpc) is 2.94. The normalized spacial score (nSPS) is 11.8. The maximum Gasteiger partial charge on any atom is 0.215 e. The molecule has 6 heteroatoms. The Hall–Kier alpha value is -2.74. The summed E-state index contributed by atoms with van der Waals surface area (Å²) in [7, 11) is -0.163. The number of hydrogen-bond acceptors (Lipinski definition) is 4. The molecule has 0 bridgehead atoms. The monoisotopic (exact) mass is 546 g/mol. The Kier molecular flexibility index (Phi) is 10.7. The Labute approximate surface area is 230 Å². The highest BCUT2D eigenvalue weighted by Crippen LogP contribution is 2.35. The molecule has 0 fully saturated rings. The molecule has 0 heterocycles. The first-order chi connectivity index (χ1) is 18.5. The van der Waals surface area contributed by atoms with E-state index in [1.54, 1.807) is 0 Å². The van der Waals surface area contributed by atoms with Crippen LogP contribution in [0.15, 0.2) is 97.1 Å². The summed E-state index contributed by atoms with van der Waals surface area (Å²) in [6, 6.07) is 33.0. The summed E-state index contributed by atoms with van der Waals surface area (Å²) in [6.45, 7) is 9.60. The van der Waals surface area contributed by atoms with Crippen LogP contribution in [0.3, 0.4) is 0 Å². The van der Waals surface area contributed by atoms with E-state index in [1.165, 1.54) is 11.1 Å². The summed E-state index contributed by atoms with van der Waals surface area (Å²) >= 11 is 0. The van der Waals surface area contributed by atoms with E-state index >= 15 is 0 Å². The predicted molar refractivity (Wildman–Crippen MR) is 160 cm³/mol. The van der Waals surface area contributed by atoms with Crippen LogP contribution in [0, 0.1) is 0 Å². The van der Waals surface area contributed by atoms with Crippen LogP contribution < -0.4 is 9.05 Å². The van der Waals surface area contributed by atoms with E-state index in [0.717, 1.165) is 33.8 Å². The average molecular weight is 547 g/mol. The van der Waals surface area contributed by atoms with Crippen LogP contribution in [0.1, 0.15) is 61.8 Å². The van der Waals surface area contributed by atoms with E-state index < -0.39 is 0 Å². The van der Waals surface area contributed by atoms with Crippen molar-refractivity contribution in [3.05, 3.63) is 119 Å². The van der Waals surface area contributed by atoms with Gasteiger partial charge in [-0.15, -0.1) is 0 Å². The zero-order valence-electron chi connectivity index (χ0n) is 22.4. The van der Waals surface area contributed by atoms with Crippen molar-refractivity contribution in [2.45, 2.75) is 52.7 Å². The predicted octanol–water partition coefficient (Wildman–Crippen LogP) is 9.81. The minimum atomic E-state index is -0.0814. The van der Waals surface area contributed by atoms with Crippen molar-refractivity contribution in [3.63, 3.8) is 0 Å². The highest BCUT2D eigenvalue weighted by molar-refractivity contribution is 7.26. The van der Waals surface area contributed by atoms with Gasteiger partial charge in [-0.05, 0) is 57.3 Å². The van der Waals surface area contributed by atoms with Crippen LogP contribution in [0.4, 0.5) is 0 Å². The second-order valence-corrected chi connectivity index (χ2v) is 11.0. The molecular formula is C32H36O4P2. The molecule has 0 N–H and O–H groups in total. The van der Waals surface area contributed by atoms with Crippen molar-refractivity contribution in [3.8, 4) is 22.6 Å². The van der Waals surface area contributed by atoms with Gasteiger partial charge in [0.15, 0.2) is 0 Å². The molecule has 0 spiro atoms. The summed E-state index contributed by atoms with van der Waals surface area (Å²) in [5.74, 6) is 2.56. The van der Waals surface area contributed by atoms with Crippen molar-refractivity contribution in [1.29, 1.82) is 0 Å². The molecule has 0 aliphatic rings. The van der Waals surface area contributed by atoms with Gasteiger partial charge in [0, 0.05) is 0 Å². The highest BCUT2D eigenvalue weighted by atomic mass is 31.1. The van der Waals surface area contributed by atoms with Crippen molar-refractivity contribution in [2.24, 2.45) is 0 Å². The molecule has 0 aliphatic carbocycles. The van der Waals surface area contributed by atoms with E-state index in [-0.39, 0.29) is 18.1 Å². The summed E-state index contributed by atoms with van der Waals surface area (Å²) in [5.41, 5.74) is 6.86. The van der Waals surface area contributed by atoms with Crippen molar-refractivity contribution >= 4 is 18.1 Å². The van der Waals surface area contributed by atoms with Crippen molar-refractivity contribution in [1.82, 2.24) is 0 Å². The van der Waals surface area contributed by atoms with Crippen LogP contribution >= 0.6 is 18.1 Å². The molecule has 4 aromatic carbocycles. The van der Waals surface area contributed by atoms with Crippen LogP contribution in [0.5, 0.6) is 11.5 Å². The van der Waals surface area contributed by atoms with E-state index in [2.05, 4.69) is 76.2 Å². The van der Waals surface area contributed by atoms with Gasteiger partial charge in [0.2, 0.25) is 18.1 Å². The molecule has 0 aliphatic heterocycles. The molecule has 4 nitrogen and oxygen atoms in total. The largest absolute Gasteiger partial charge is 0.449 e. The first-order valence-corrected chi connectivity index (χ1v) is 14.6. The number of para-hydroxylation sites is 2. The van der Waals surface area contributed by atoms with Gasteiger partial charge in [0.1, 0.15) is 11.5 Å². The second-order valence-electron chi connectivity index (χ2n) is 9.65. The summed E-state index contributed by atoms with van der Waals surface area (Å²) < 4.78 is 24.0. The minimum absolute atomic E-state index is 0.0814. The van der Waals surface area contributed by atoms with Gasteiger partial charge in [-0.2, -0.15) is 0 Å². The van der Waals surface area contributed by atoms with Crippen LogP contribution in [-0.4, -0.2) is 0 Å². The zero-order valence-corrected chi connectivity index (χ0v) is 24.4. The fraction of sp³-hybridized carbons (Fsp3) is 0.250. The van der Waals surface area contributed by atoms with Crippen molar-refractivity contribution < 1.29 is 18.1 Å². The first-order valence-electron chi connectivity index (χ1n) is 13.0. The van der Waals surface area contributed by atoms with E-state index in [9.17, 15) is 0 Å². The highest BCUT2D eigenvalue weighted by Gasteiger charge is 2.12. The lowest BCUT2D eigenvalue weighted by molar-refractivity contribution is 0.317. The molecule has 0 amide bonds. The maximum absolute atomic E-state index is 5.99. The fourth-order valence-electron chi connectivity index (χ4n) is 4.28. The summed E-state index contributed by atoms with van der Waals surface area (Å²) in [6.07, 6.45) is 0. The molecule has 38 heavy (non-hydrogen) atoms. The fourth-order valence-corrected chi connectivity index (χ4v) is 5.38. The Morgan fingerprint density at radius 2 is 0.868 bits per heavy atom. The van der Waals surface area contributed by atoms with Gasteiger partial charge < -0.3 is 18.1 Å². The SMILES string of the molecule is CC(C)c1ccccc1OPOCc1ccccc1-c1ccccc1COPOc1ccccc1C(C)C. The third-order valence-electron chi connectivity index (χ3n) is 6.28. The summed E-state index contributed by atoms with van der Waals surface area (Å²) in [5, 5.41) is 0. The molecule has 4 aromatic rings. The molecule has 0 aromatic heterocycles.